The van der Waals surface area contributed by atoms with Crippen LogP contribution in [0.15, 0.2) is 79.4 Å². The molecule has 1 N–H and O–H groups in total. The lowest BCUT2D eigenvalue weighted by Crippen LogP contribution is -2.51. The Bertz CT molecular complexity index is 2560. The summed E-state index contributed by atoms with van der Waals surface area (Å²) in [4.78, 5) is 56.0. The van der Waals surface area contributed by atoms with Crippen molar-refractivity contribution in [2.45, 2.75) is 57.2 Å². The van der Waals surface area contributed by atoms with Gasteiger partial charge in [0.15, 0.2) is 5.82 Å². The molecule has 5 aromatic rings. The topological polar surface area (TPSA) is 116 Å². The predicted molar refractivity (Wildman–Crippen MR) is 224 cm³/mol. The van der Waals surface area contributed by atoms with E-state index in [0.717, 1.165) is 93.2 Å². The van der Waals surface area contributed by atoms with Gasteiger partial charge in [0.1, 0.15) is 12.1 Å². The quantitative estimate of drug-likeness (QED) is 0.151. The molecule has 4 fully saturated rings. The van der Waals surface area contributed by atoms with Gasteiger partial charge in [-0.25, -0.2) is 9.37 Å². The van der Waals surface area contributed by atoms with Gasteiger partial charge in [0.05, 0.1) is 22.2 Å². The van der Waals surface area contributed by atoms with E-state index in [1.165, 1.54) is 18.5 Å². The van der Waals surface area contributed by atoms with E-state index in [4.69, 9.17) is 4.74 Å². The molecular formula is C46H47F3N8O4. The first-order valence-electron chi connectivity index (χ1n) is 21.3. The molecule has 1 unspecified atom stereocenters. The van der Waals surface area contributed by atoms with Crippen LogP contribution in [0.2, 0.25) is 0 Å². The summed E-state index contributed by atoms with van der Waals surface area (Å²) in [6.45, 7) is 8.74. The van der Waals surface area contributed by atoms with Crippen LogP contribution in [-0.4, -0.2) is 111 Å². The number of piperidine rings is 2. The number of imide groups is 1. The summed E-state index contributed by atoms with van der Waals surface area (Å²) in [5.74, 6) is -0.675. The molecule has 7 heterocycles. The first kappa shape index (κ1) is 39.3. The molecule has 61 heavy (non-hydrogen) atoms. The zero-order valence-electron chi connectivity index (χ0n) is 33.7. The van der Waals surface area contributed by atoms with Gasteiger partial charge in [-0.2, -0.15) is 8.78 Å². The highest BCUT2D eigenvalue weighted by Crippen LogP contribution is 2.38. The van der Waals surface area contributed by atoms with Gasteiger partial charge in [0.25, 0.3) is 17.7 Å². The van der Waals surface area contributed by atoms with Crippen LogP contribution in [0.4, 0.5) is 18.9 Å². The van der Waals surface area contributed by atoms with Gasteiger partial charge < -0.3 is 19.9 Å². The molecule has 1 aliphatic carbocycles. The van der Waals surface area contributed by atoms with Crippen molar-refractivity contribution in [3.63, 3.8) is 0 Å². The number of aromatic nitrogens is 3. The Morgan fingerprint density at radius 3 is 2.30 bits per heavy atom. The number of piperazine rings is 1. The number of carbonyl (C=O) groups is 3. The molecule has 1 atom stereocenters. The standard InChI is InChI=1S/C46H47F3N8O4/c1-27-2-7-40(42(58)52-27)57-44(59)35-6-4-32(22-36(35)45(57)60)55-16-14-54(15-17-55)25-28-9-12-53(13-10-28)26-29-18-33(19-29)61-43-38(47)20-31(23-51-43)30-3-5-34-37-24-50-11-8-39(37)56(46(48)49)41(34)21-30/h3-6,8,11,20-24,28-29,33,40,46H,1-2,7,9-10,12-19,25-26H2,(H,52,58). The number of fused-ring (bicyclic) bond motifs is 4. The Balaban J connectivity index is 0.661. The van der Waals surface area contributed by atoms with Crippen LogP contribution in [0, 0.1) is 17.7 Å². The van der Waals surface area contributed by atoms with E-state index in [9.17, 15) is 23.2 Å². The Labute approximate surface area is 350 Å². The van der Waals surface area contributed by atoms with Gasteiger partial charge in [-0.15, -0.1) is 0 Å². The van der Waals surface area contributed by atoms with Crippen LogP contribution in [0.5, 0.6) is 5.88 Å². The molecule has 15 heteroatoms. The number of halogens is 3. The molecule has 2 aromatic carbocycles. The van der Waals surface area contributed by atoms with Crippen molar-refractivity contribution >= 4 is 45.2 Å². The van der Waals surface area contributed by atoms with E-state index in [2.05, 4.69) is 36.6 Å². The molecule has 12 nitrogen and oxygen atoms in total. The van der Waals surface area contributed by atoms with Gasteiger partial charge in [0.2, 0.25) is 5.91 Å². The number of allylic oxidation sites excluding steroid dienone is 1. The zero-order chi connectivity index (χ0) is 41.9. The molecule has 10 rings (SSSR count). The Kier molecular flexibility index (Phi) is 10.3. The maximum Gasteiger partial charge on any atom is 0.319 e. The normalized spacial score (nSPS) is 23.0. The van der Waals surface area contributed by atoms with Crippen molar-refractivity contribution in [1.82, 2.24) is 34.6 Å². The number of ether oxygens (including phenoxy) is 1. The maximum atomic E-state index is 15.3. The minimum atomic E-state index is -2.74. The van der Waals surface area contributed by atoms with Crippen molar-refractivity contribution in [3.05, 3.63) is 96.3 Å². The van der Waals surface area contributed by atoms with Crippen LogP contribution in [0.25, 0.3) is 32.9 Å². The lowest BCUT2D eigenvalue weighted by Gasteiger charge is -2.42. The second-order valence-corrected chi connectivity index (χ2v) is 17.2. The van der Waals surface area contributed by atoms with Crippen molar-refractivity contribution in [3.8, 4) is 17.0 Å². The second-order valence-electron chi connectivity index (χ2n) is 17.2. The van der Waals surface area contributed by atoms with Crippen molar-refractivity contribution in [2.24, 2.45) is 11.8 Å². The number of carbonyl (C=O) groups excluding carboxylic acids is 3. The molecule has 4 aliphatic heterocycles. The van der Waals surface area contributed by atoms with E-state index in [1.54, 1.807) is 36.5 Å². The number of hydrogen-bond donors (Lipinski definition) is 1. The van der Waals surface area contributed by atoms with Crippen molar-refractivity contribution < 1.29 is 32.3 Å². The summed E-state index contributed by atoms with van der Waals surface area (Å²) in [6, 6.07) is 12.7. The number of alkyl halides is 2. The maximum absolute atomic E-state index is 15.3. The predicted octanol–water partition coefficient (Wildman–Crippen LogP) is 6.87. The number of benzene rings is 2. The van der Waals surface area contributed by atoms with Gasteiger partial charge in [-0.1, -0.05) is 18.7 Å². The summed E-state index contributed by atoms with van der Waals surface area (Å²) in [7, 11) is 0. The molecule has 316 valence electrons. The fourth-order valence-corrected chi connectivity index (χ4v) is 10.0. The summed E-state index contributed by atoms with van der Waals surface area (Å²) >= 11 is 0. The summed E-state index contributed by atoms with van der Waals surface area (Å²) in [5, 5.41) is 3.97. The fraction of sp³-hybridized carbons (Fsp3) is 0.413. The number of amides is 3. The number of nitrogens with zero attached hydrogens (tertiary/aromatic N) is 7. The highest BCUT2D eigenvalue weighted by atomic mass is 19.3. The molecule has 0 radical (unpaired) electrons. The SMILES string of the molecule is C=C1CCC(N2C(=O)c3ccc(N4CCN(CC5CCN(CC6CC(Oc7ncc(-c8ccc9c%10cnccc%10n(C(F)F)c9c8)cc7F)C6)CC5)CC4)cc3C2=O)C(=O)N1. The minimum Gasteiger partial charge on any atom is -0.472 e. The average molecular weight is 833 g/mol. The monoisotopic (exact) mass is 832 g/mol. The number of likely N-dealkylation sites (tertiary alicyclic amines) is 1. The molecule has 3 saturated heterocycles. The first-order chi connectivity index (χ1) is 29.6. The van der Waals surface area contributed by atoms with Gasteiger partial charge in [-0.3, -0.25) is 33.7 Å². The molecule has 0 spiro atoms. The zero-order valence-corrected chi connectivity index (χ0v) is 33.7. The molecular weight excluding hydrogens is 786 g/mol. The highest BCUT2D eigenvalue weighted by Gasteiger charge is 2.44. The van der Waals surface area contributed by atoms with Crippen LogP contribution in [0.3, 0.4) is 0 Å². The summed E-state index contributed by atoms with van der Waals surface area (Å²) in [5.41, 5.74) is 4.04. The molecule has 5 aliphatic rings. The smallest absolute Gasteiger partial charge is 0.319 e. The van der Waals surface area contributed by atoms with Crippen LogP contribution in [0.1, 0.15) is 65.8 Å². The lowest BCUT2D eigenvalue weighted by atomic mass is 9.81. The third kappa shape index (κ3) is 7.41. The first-order valence-corrected chi connectivity index (χ1v) is 21.3. The fourth-order valence-electron chi connectivity index (χ4n) is 10.0. The molecule has 3 amide bonds. The van der Waals surface area contributed by atoms with Crippen molar-refractivity contribution in [1.29, 1.82) is 0 Å². The van der Waals surface area contributed by atoms with Crippen LogP contribution >= 0.6 is 0 Å². The van der Waals surface area contributed by atoms with Crippen molar-refractivity contribution in [2.75, 3.05) is 57.3 Å². The average Bonchev–Trinajstić information content (AvgIpc) is 3.71. The number of nitrogens with one attached hydrogen (secondary N) is 1. The van der Waals surface area contributed by atoms with E-state index in [1.807, 2.05) is 12.1 Å². The number of pyridine rings is 2. The Hall–Kier alpha value is -5.80. The Morgan fingerprint density at radius 2 is 1.54 bits per heavy atom. The Morgan fingerprint density at radius 1 is 0.787 bits per heavy atom. The second kappa shape index (κ2) is 15.9. The molecule has 3 aromatic heterocycles. The third-order valence-corrected chi connectivity index (χ3v) is 13.4. The molecule has 0 bridgehead atoms. The van der Waals surface area contributed by atoms with E-state index >= 15 is 4.39 Å². The summed E-state index contributed by atoms with van der Waals surface area (Å²) in [6.07, 6.45) is 9.40. The van der Waals surface area contributed by atoms with Gasteiger partial charge in [0, 0.05) is 85.6 Å². The largest absolute Gasteiger partial charge is 0.472 e. The van der Waals surface area contributed by atoms with E-state index in [-0.39, 0.29) is 17.9 Å². The number of anilines is 1. The lowest BCUT2D eigenvalue weighted by molar-refractivity contribution is -0.125. The number of hydrogen-bond acceptors (Lipinski definition) is 9. The van der Waals surface area contributed by atoms with E-state index in [0.29, 0.717) is 74.4 Å². The minimum absolute atomic E-state index is 0.0353. The van der Waals surface area contributed by atoms with Crippen LogP contribution < -0.4 is 15.0 Å². The van der Waals surface area contributed by atoms with Gasteiger partial charge in [-0.05, 0) is 105 Å². The molecule has 1 saturated carbocycles. The van der Waals surface area contributed by atoms with Gasteiger partial charge >= 0.3 is 6.55 Å². The van der Waals surface area contributed by atoms with E-state index < -0.39 is 30.2 Å². The number of rotatable bonds is 10. The highest BCUT2D eigenvalue weighted by molar-refractivity contribution is 6.23. The third-order valence-electron chi connectivity index (χ3n) is 13.4. The van der Waals surface area contributed by atoms with Crippen LogP contribution in [-0.2, 0) is 4.79 Å². The summed E-state index contributed by atoms with van der Waals surface area (Å²) < 4.78 is 50.4.